The standard InChI is InChI=1S/C16H20N4O4S/c1-3-4-9-17-15(22)18-13(21)10-25-16-20-19-14(24-16)11-5-7-12(23-2)8-6-11/h5-8H,3-4,9-10H2,1-2H3,(H2,17,18,21,22). The highest BCUT2D eigenvalue weighted by Gasteiger charge is 2.13. The first kappa shape index (κ1) is 18.8. The van der Waals surface area contributed by atoms with Gasteiger partial charge >= 0.3 is 6.03 Å². The number of amides is 3. The Bertz CT molecular complexity index is 702. The monoisotopic (exact) mass is 364 g/mol. The third-order valence-electron chi connectivity index (χ3n) is 3.14. The Hall–Kier alpha value is -2.55. The van der Waals surface area contributed by atoms with Gasteiger partial charge in [0, 0.05) is 12.1 Å². The van der Waals surface area contributed by atoms with Crippen LogP contribution in [-0.4, -0.2) is 41.5 Å². The number of thioether (sulfide) groups is 1. The van der Waals surface area contributed by atoms with Gasteiger partial charge in [-0.05, 0) is 30.7 Å². The Morgan fingerprint density at radius 1 is 1.24 bits per heavy atom. The lowest BCUT2D eigenvalue weighted by Gasteiger charge is -2.04. The summed E-state index contributed by atoms with van der Waals surface area (Å²) < 4.78 is 10.6. The third-order valence-corrected chi connectivity index (χ3v) is 3.96. The lowest BCUT2D eigenvalue weighted by atomic mass is 10.2. The molecule has 25 heavy (non-hydrogen) atoms. The summed E-state index contributed by atoms with van der Waals surface area (Å²) in [5.74, 6) is 0.656. The van der Waals surface area contributed by atoms with Gasteiger partial charge in [-0.1, -0.05) is 25.1 Å². The van der Waals surface area contributed by atoms with Gasteiger partial charge in [-0.25, -0.2) is 4.79 Å². The fourth-order valence-corrected chi connectivity index (χ4v) is 2.39. The number of nitrogens with zero attached hydrogens (tertiary/aromatic N) is 2. The maximum Gasteiger partial charge on any atom is 0.321 e. The van der Waals surface area contributed by atoms with Gasteiger partial charge < -0.3 is 14.5 Å². The summed E-state index contributed by atoms with van der Waals surface area (Å²) in [6, 6.07) is 6.68. The number of hydrogen-bond donors (Lipinski definition) is 2. The molecule has 0 atom stereocenters. The number of hydrogen-bond acceptors (Lipinski definition) is 7. The summed E-state index contributed by atoms with van der Waals surface area (Å²) in [5, 5.41) is 12.9. The third kappa shape index (κ3) is 6.11. The fraction of sp³-hybridized carbons (Fsp3) is 0.375. The van der Waals surface area contributed by atoms with Crippen molar-refractivity contribution in [3.05, 3.63) is 24.3 Å². The zero-order valence-corrected chi connectivity index (χ0v) is 14.9. The van der Waals surface area contributed by atoms with Crippen LogP contribution in [0.15, 0.2) is 33.9 Å². The molecule has 0 fully saturated rings. The van der Waals surface area contributed by atoms with Crippen LogP contribution in [-0.2, 0) is 4.79 Å². The number of aromatic nitrogens is 2. The van der Waals surface area contributed by atoms with Crippen LogP contribution < -0.4 is 15.4 Å². The molecule has 0 aliphatic rings. The molecule has 0 bridgehead atoms. The minimum Gasteiger partial charge on any atom is -0.497 e. The first-order valence-corrected chi connectivity index (χ1v) is 8.79. The van der Waals surface area contributed by atoms with Crippen LogP contribution in [0.5, 0.6) is 5.75 Å². The summed E-state index contributed by atoms with van der Waals surface area (Å²) in [4.78, 5) is 23.2. The fourth-order valence-electron chi connectivity index (χ4n) is 1.83. The minimum atomic E-state index is -0.497. The Morgan fingerprint density at radius 3 is 2.68 bits per heavy atom. The van der Waals surface area contributed by atoms with Gasteiger partial charge in [0.1, 0.15) is 5.75 Å². The predicted octanol–water partition coefficient (Wildman–Crippen LogP) is 2.46. The second-order valence-electron chi connectivity index (χ2n) is 5.05. The molecule has 0 saturated carbocycles. The minimum absolute atomic E-state index is 0.00540. The lowest BCUT2D eigenvalue weighted by molar-refractivity contribution is -0.117. The normalized spacial score (nSPS) is 10.3. The number of unbranched alkanes of at least 4 members (excludes halogenated alkanes) is 1. The Kier molecular flexibility index (Phi) is 7.27. The van der Waals surface area contributed by atoms with Crippen molar-refractivity contribution < 1.29 is 18.7 Å². The maximum atomic E-state index is 11.7. The molecule has 1 heterocycles. The van der Waals surface area contributed by atoms with Crippen molar-refractivity contribution in [2.24, 2.45) is 0 Å². The molecule has 134 valence electrons. The van der Waals surface area contributed by atoms with Crippen LogP contribution in [0.2, 0.25) is 0 Å². The number of nitrogens with one attached hydrogen (secondary N) is 2. The van der Waals surface area contributed by atoms with Crippen molar-refractivity contribution in [3.8, 4) is 17.2 Å². The number of rotatable bonds is 8. The number of ether oxygens (including phenoxy) is 1. The maximum absolute atomic E-state index is 11.7. The van der Waals surface area contributed by atoms with Gasteiger partial charge in [-0.2, -0.15) is 0 Å². The topological polar surface area (TPSA) is 106 Å². The Balaban J connectivity index is 1.80. The van der Waals surface area contributed by atoms with Gasteiger partial charge in [-0.15, -0.1) is 10.2 Å². The van der Waals surface area contributed by atoms with Crippen molar-refractivity contribution in [2.45, 2.75) is 25.0 Å². The first-order valence-electron chi connectivity index (χ1n) is 7.80. The van der Waals surface area contributed by atoms with Gasteiger partial charge in [0.2, 0.25) is 11.8 Å². The smallest absolute Gasteiger partial charge is 0.321 e. The number of urea groups is 1. The highest BCUT2D eigenvalue weighted by atomic mass is 32.2. The van der Waals surface area contributed by atoms with E-state index in [0.29, 0.717) is 12.4 Å². The van der Waals surface area contributed by atoms with Crippen LogP contribution >= 0.6 is 11.8 Å². The van der Waals surface area contributed by atoms with Gasteiger partial charge in [-0.3, -0.25) is 10.1 Å². The number of carbonyl (C=O) groups excluding carboxylic acids is 2. The molecule has 8 nitrogen and oxygen atoms in total. The van der Waals surface area contributed by atoms with Gasteiger partial charge in [0.05, 0.1) is 12.9 Å². The predicted molar refractivity (Wildman–Crippen MR) is 93.5 cm³/mol. The number of carbonyl (C=O) groups is 2. The van der Waals surface area contributed by atoms with E-state index in [0.717, 1.165) is 35.9 Å². The van der Waals surface area contributed by atoms with E-state index < -0.39 is 11.9 Å². The molecule has 2 aromatic rings. The first-order chi connectivity index (χ1) is 12.1. The van der Waals surface area contributed by atoms with Crippen LogP contribution in [0.3, 0.4) is 0 Å². The van der Waals surface area contributed by atoms with Crippen molar-refractivity contribution in [2.75, 3.05) is 19.4 Å². The summed E-state index contributed by atoms with van der Waals surface area (Å²) in [5.41, 5.74) is 0.750. The van der Waals surface area contributed by atoms with E-state index in [1.54, 1.807) is 31.4 Å². The molecule has 0 spiro atoms. The lowest BCUT2D eigenvalue weighted by Crippen LogP contribution is -2.40. The second-order valence-corrected chi connectivity index (χ2v) is 5.97. The molecular weight excluding hydrogens is 344 g/mol. The van der Waals surface area contributed by atoms with Crippen LogP contribution in [0.1, 0.15) is 19.8 Å². The quantitative estimate of drug-likeness (QED) is 0.547. The van der Waals surface area contributed by atoms with Crippen molar-refractivity contribution >= 4 is 23.7 Å². The highest BCUT2D eigenvalue weighted by Crippen LogP contribution is 2.24. The van der Waals surface area contributed by atoms with Crippen LogP contribution in [0, 0.1) is 0 Å². The number of benzene rings is 1. The van der Waals surface area contributed by atoms with Crippen molar-refractivity contribution in [1.29, 1.82) is 0 Å². The molecule has 0 aliphatic carbocycles. The van der Waals surface area contributed by atoms with Gasteiger partial charge in [0.15, 0.2) is 0 Å². The Morgan fingerprint density at radius 2 is 2.00 bits per heavy atom. The van der Waals surface area contributed by atoms with E-state index in [1.807, 2.05) is 6.92 Å². The van der Waals surface area contributed by atoms with Gasteiger partial charge in [0.25, 0.3) is 5.22 Å². The zero-order valence-electron chi connectivity index (χ0n) is 14.1. The van der Waals surface area contributed by atoms with Crippen LogP contribution in [0.25, 0.3) is 11.5 Å². The molecule has 1 aromatic heterocycles. The molecular formula is C16H20N4O4S. The average molecular weight is 364 g/mol. The molecule has 2 rings (SSSR count). The van der Waals surface area contributed by atoms with E-state index in [-0.39, 0.29) is 11.0 Å². The molecule has 0 saturated heterocycles. The molecule has 1 aromatic carbocycles. The van der Waals surface area contributed by atoms with E-state index in [1.165, 1.54) is 0 Å². The van der Waals surface area contributed by atoms with Crippen molar-refractivity contribution in [3.63, 3.8) is 0 Å². The van der Waals surface area contributed by atoms with E-state index in [4.69, 9.17) is 9.15 Å². The molecule has 0 aliphatic heterocycles. The number of imide groups is 1. The summed E-state index contributed by atoms with van der Waals surface area (Å²) in [6.45, 7) is 2.56. The average Bonchev–Trinajstić information content (AvgIpc) is 3.09. The Labute approximate surface area is 149 Å². The zero-order chi connectivity index (χ0) is 18.1. The van der Waals surface area contributed by atoms with Crippen LogP contribution in [0.4, 0.5) is 4.79 Å². The summed E-state index contributed by atoms with van der Waals surface area (Å²) in [7, 11) is 1.59. The second kappa shape index (κ2) is 9.67. The molecule has 0 radical (unpaired) electrons. The largest absolute Gasteiger partial charge is 0.497 e. The highest BCUT2D eigenvalue weighted by molar-refractivity contribution is 7.99. The summed E-state index contributed by atoms with van der Waals surface area (Å²) >= 11 is 1.07. The SMILES string of the molecule is CCCCNC(=O)NC(=O)CSc1nnc(-c2ccc(OC)cc2)o1. The van der Waals surface area contributed by atoms with E-state index in [2.05, 4.69) is 20.8 Å². The van der Waals surface area contributed by atoms with Crippen molar-refractivity contribution in [1.82, 2.24) is 20.8 Å². The molecule has 0 unspecified atom stereocenters. The van der Waals surface area contributed by atoms with E-state index in [9.17, 15) is 9.59 Å². The molecule has 2 N–H and O–H groups in total. The molecule has 3 amide bonds. The van der Waals surface area contributed by atoms with E-state index >= 15 is 0 Å². The number of methoxy groups -OCH3 is 1. The molecule has 9 heteroatoms. The summed E-state index contributed by atoms with van der Waals surface area (Å²) in [6.07, 6.45) is 1.84.